The number of nitrogens with one attached hydrogen (secondary N) is 1. The van der Waals surface area contributed by atoms with Crippen LogP contribution in [0.2, 0.25) is 0 Å². The third-order valence-electron chi connectivity index (χ3n) is 6.87. The molecule has 4 rings (SSSR count). The van der Waals surface area contributed by atoms with Crippen LogP contribution in [0.15, 0.2) is 46.0 Å². The molecule has 1 aromatic carbocycles. The number of aliphatic imine (C=N–C) groups is 1. The van der Waals surface area contributed by atoms with Crippen LogP contribution in [-0.2, 0) is 28.6 Å². The van der Waals surface area contributed by atoms with E-state index in [4.69, 9.17) is 19.2 Å². The molecule has 13 heteroatoms. The number of carbonyl (C=O) groups excluding carboxylic acids is 2. The Morgan fingerprint density at radius 2 is 2.05 bits per heavy atom. The van der Waals surface area contributed by atoms with Crippen molar-refractivity contribution in [1.82, 2.24) is 15.2 Å². The van der Waals surface area contributed by atoms with Crippen LogP contribution in [0.4, 0.5) is 4.39 Å². The number of thiazole rings is 1. The van der Waals surface area contributed by atoms with E-state index < -0.39 is 41.7 Å². The summed E-state index contributed by atoms with van der Waals surface area (Å²) in [4.78, 5) is 49.0. The molecule has 3 atom stereocenters. The van der Waals surface area contributed by atoms with Crippen molar-refractivity contribution in [3.8, 4) is 0 Å². The van der Waals surface area contributed by atoms with E-state index in [1.165, 1.54) is 23.5 Å². The van der Waals surface area contributed by atoms with Crippen LogP contribution < -0.4 is 5.32 Å². The Hall–Kier alpha value is -3.68. The SMILES string of the molecule is CCOC(=O)C1=C(CN2CCOCC2CC(C(=O)O)C(=O)OCC)NC(c2nccs2)=NC1c1ccc(F)cc1C. The second-order valence-electron chi connectivity index (χ2n) is 9.53. The number of carboxylic acids is 1. The van der Waals surface area contributed by atoms with Crippen molar-refractivity contribution in [2.75, 3.05) is 39.5 Å². The van der Waals surface area contributed by atoms with Gasteiger partial charge in [0.25, 0.3) is 0 Å². The van der Waals surface area contributed by atoms with E-state index in [1.807, 2.05) is 4.90 Å². The molecule has 41 heavy (non-hydrogen) atoms. The predicted octanol–water partition coefficient (Wildman–Crippen LogP) is 2.85. The van der Waals surface area contributed by atoms with Gasteiger partial charge in [0, 0.05) is 36.4 Å². The number of carboxylic acid groups (broad SMARTS) is 1. The van der Waals surface area contributed by atoms with Gasteiger partial charge in [-0.05, 0) is 50.5 Å². The van der Waals surface area contributed by atoms with Crippen LogP contribution in [0.3, 0.4) is 0 Å². The van der Waals surface area contributed by atoms with Crippen molar-refractivity contribution in [2.45, 2.75) is 39.3 Å². The molecule has 2 aliphatic heterocycles. The number of rotatable bonds is 11. The number of esters is 2. The number of aryl methyl sites for hydroxylation is 1. The molecule has 0 aliphatic carbocycles. The van der Waals surface area contributed by atoms with E-state index in [0.29, 0.717) is 40.8 Å². The first-order chi connectivity index (χ1) is 19.7. The Kier molecular flexibility index (Phi) is 10.2. The number of nitrogens with zero attached hydrogens (tertiary/aromatic N) is 3. The largest absolute Gasteiger partial charge is 0.481 e. The summed E-state index contributed by atoms with van der Waals surface area (Å²) >= 11 is 1.37. The Balaban J connectivity index is 1.75. The average Bonchev–Trinajstić information content (AvgIpc) is 3.47. The number of hydrogen-bond donors (Lipinski definition) is 2. The third kappa shape index (κ3) is 7.16. The summed E-state index contributed by atoms with van der Waals surface area (Å²) in [6, 6.07) is 3.05. The number of amidine groups is 1. The van der Waals surface area contributed by atoms with Crippen molar-refractivity contribution in [2.24, 2.45) is 10.9 Å². The monoisotopic (exact) mass is 588 g/mol. The van der Waals surface area contributed by atoms with Gasteiger partial charge in [0.05, 0.1) is 32.0 Å². The van der Waals surface area contributed by atoms with Crippen molar-refractivity contribution < 1.29 is 38.1 Å². The summed E-state index contributed by atoms with van der Waals surface area (Å²) in [7, 11) is 0. The van der Waals surface area contributed by atoms with Gasteiger partial charge in [-0.2, -0.15) is 0 Å². The van der Waals surface area contributed by atoms with Gasteiger partial charge < -0.3 is 24.6 Å². The normalized spacial score (nSPS) is 20.1. The lowest BCUT2D eigenvalue weighted by atomic mass is 9.91. The second-order valence-corrected chi connectivity index (χ2v) is 10.4. The summed E-state index contributed by atoms with van der Waals surface area (Å²) in [5.41, 5.74) is 2.00. The van der Waals surface area contributed by atoms with Crippen LogP contribution in [0, 0.1) is 18.7 Å². The number of benzene rings is 1. The highest BCUT2D eigenvalue weighted by atomic mass is 32.1. The first-order valence-corrected chi connectivity index (χ1v) is 14.2. The highest BCUT2D eigenvalue weighted by molar-refractivity contribution is 7.11. The molecule has 0 bridgehead atoms. The van der Waals surface area contributed by atoms with Crippen LogP contribution in [0.1, 0.15) is 42.4 Å². The van der Waals surface area contributed by atoms with E-state index in [9.17, 15) is 23.9 Å². The number of carbonyl (C=O) groups is 3. The molecule has 1 fully saturated rings. The zero-order chi connectivity index (χ0) is 29.5. The van der Waals surface area contributed by atoms with E-state index in [0.717, 1.165) is 0 Å². The predicted molar refractivity (Wildman–Crippen MR) is 148 cm³/mol. The Bertz CT molecular complexity index is 1330. The molecule has 0 spiro atoms. The smallest absolute Gasteiger partial charge is 0.338 e. The summed E-state index contributed by atoms with van der Waals surface area (Å²) in [6.07, 6.45) is 1.61. The fraction of sp³-hybridized carbons (Fsp3) is 0.464. The minimum Gasteiger partial charge on any atom is -0.481 e. The first kappa shape index (κ1) is 30.3. The average molecular weight is 589 g/mol. The molecular weight excluding hydrogens is 555 g/mol. The van der Waals surface area contributed by atoms with Gasteiger partial charge in [-0.15, -0.1) is 11.3 Å². The zero-order valence-electron chi connectivity index (χ0n) is 23.1. The molecule has 0 saturated carbocycles. The van der Waals surface area contributed by atoms with Crippen LogP contribution in [0.5, 0.6) is 0 Å². The number of ether oxygens (including phenoxy) is 3. The summed E-state index contributed by atoms with van der Waals surface area (Å²) < 4.78 is 30.1. The molecule has 0 amide bonds. The van der Waals surface area contributed by atoms with E-state index in [2.05, 4.69) is 10.3 Å². The molecule has 11 nitrogen and oxygen atoms in total. The lowest BCUT2D eigenvalue weighted by Gasteiger charge is -2.38. The fourth-order valence-electron chi connectivity index (χ4n) is 4.92. The van der Waals surface area contributed by atoms with E-state index in [-0.39, 0.29) is 38.4 Å². The van der Waals surface area contributed by atoms with Gasteiger partial charge in [-0.1, -0.05) is 6.07 Å². The quantitative estimate of drug-likeness (QED) is 0.298. The van der Waals surface area contributed by atoms with Gasteiger partial charge in [-0.25, -0.2) is 14.2 Å². The lowest BCUT2D eigenvalue weighted by Crippen LogP contribution is -2.50. The van der Waals surface area contributed by atoms with Crippen LogP contribution in [0.25, 0.3) is 0 Å². The van der Waals surface area contributed by atoms with Crippen molar-refractivity contribution in [3.63, 3.8) is 0 Å². The number of morpholine rings is 1. The molecule has 220 valence electrons. The standard InChI is InChI=1S/C28H33FN4O7S/c1-4-39-27(36)20(26(34)35)13-18-15-38-10-9-33(18)14-21-22(28(37)40-5-2)23(19-7-6-17(29)12-16(19)3)32-24(31-21)25-30-8-11-41-25/h6-8,11-12,18,20,23H,4-5,9-10,13-15H2,1-3H3,(H,31,32)(H,34,35). The first-order valence-electron chi connectivity index (χ1n) is 13.4. The van der Waals surface area contributed by atoms with Crippen molar-refractivity contribution >= 4 is 35.1 Å². The minimum absolute atomic E-state index is 0.0376. The lowest BCUT2D eigenvalue weighted by molar-refractivity contribution is -0.160. The number of aliphatic carboxylic acids is 1. The van der Waals surface area contributed by atoms with Gasteiger partial charge in [0.1, 0.15) is 11.9 Å². The maximum atomic E-state index is 14.0. The Morgan fingerprint density at radius 1 is 1.27 bits per heavy atom. The van der Waals surface area contributed by atoms with E-state index in [1.54, 1.807) is 38.4 Å². The number of aromatic nitrogens is 1. The Morgan fingerprint density at radius 3 is 2.71 bits per heavy atom. The number of hydrogen-bond acceptors (Lipinski definition) is 11. The number of halogens is 1. The molecule has 0 radical (unpaired) electrons. The second kappa shape index (κ2) is 13.8. The maximum absolute atomic E-state index is 14.0. The van der Waals surface area contributed by atoms with Gasteiger partial charge >= 0.3 is 17.9 Å². The zero-order valence-corrected chi connectivity index (χ0v) is 23.9. The molecule has 2 N–H and O–H groups in total. The van der Waals surface area contributed by atoms with Crippen LogP contribution >= 0.6 is 11.3 Å². The molecule has 1 aromatic heterocycles. The van der Waals surface area contributed by atoms with Crippen LogP contribution in [-0.4, -0.2) is 84.3 Å². The summed E-state index contributed by atoms with van der Waals surface area (Å²) in [5.74, 6) is -4.00. The Labute approximate surface area is 241 Å². The van der Waals surface area contributed by atoms with Gasteiger partial charge in [-0.3, -0.25) is 19.5 Å². The molecular formula is C28H33FN4O7S. The van der Waals surface area contributed by atoms with Crippen molar-refractivity contribution in [3.05, 3.63) is 63.0 Å². The third-order valence-corrected chi connectivity index (χ3v) is 7.65. The summed E-state index contributed by atoms with van der Waals surface area (Å²) in [6.45, 7) is 6.44. The van der Waals surface area contributed by atoms with Gasteiger partial charge in [0.15, 0.2) is 16.8 Å². The minimum atomic E-state index is -1.37. The highest BCUT2D eigenvalue weighted by Crippen LogP contribution is 2.35. The van der Waals surface area contributed by atoms with E-state index >= 15 is 0 Å². The van der Waals surface area contributed by atoms with Crippen molar-refractivity contribution in [1.29, 1.82) is 0 Å². The highest BCUT2D eigenvalue weighted by Gasteiger charge is 2.38. The molecule has 3 unspecified atom stereocenters. The van der Waals surface area contributed by atoms with Gasteiger partial charge in [0.2, 0.25) is 0 Å². The fourth-order valence-corrected chi connectivity index (χ4v) is 5.51. The molecule has 2 aromatic rings. The summed E-state index contributed by atoms with van der Waals surface area (Å²) in [5, 5.41) is 15.4. The maximum Gasteiger partial charge on any atom is 0.338 e. The molecule has 1 saturated heterocycles. The molecule has 2 aliphatic rings. The molecule has 3 heterocycles. The topological polar surface area (TPSA) is 140 Å².